The zero-order chi connectivity index (χ0) is 11.5. The molecular weight excluding hydrogens is 209 g/mol. The van der Waals surface area contributed by atoms with E-state index in [9.17, 15) is 4.39 Å². The summed E-state index contributed by atoms with van der Waals surface area (Å²) in [5, 5.41) is 0. The third-order valence-electron chi connectivity index (χ3n) is 2.06. The molecule has 1 aromatic heterocycles. The number of halogens is 1. The van der Waals surface area contributed by atoms with E-state index in [0.717, 1.165) is 5.56 Å². The third-order valence-corrected chi connectivity index (χ3v) is 2.06. The van der Waals surface area contributed by atoms with Crippen molar-refractivity contribution in [2.24, 2.45) is 0 Å². The molecule has 0 amide bonds. The largest absolute Gasteiger partial charge is 0.421 e. The van der Waals surface area contributed by atoms with Gasteiger partial charge in [-0.05, 0) is 24.6 Å². The minimum atomic E-state index is -0.532. The minimum Gasteiger partial charge on any atom is -0.421 e. The first-order chi connectivity index (χ1) is 7.66. The Balaban J connectivity index is 2.32. The summed E-state index contributed by atoms with van der Waals surface area (Å²) in [6, 6.07) is 4.48. The summed E-state index contributed by atoms with van der Waals surface area (Å²) in [6.07, 6.45) is 3.04. The van der Waals surface area contributed by atoms with Crippen LogP contribution in [0.1, 0.15) is 5.56 Å². The second-order valence-electron chi connectivity index (χ2n) is 3.27. The molecule has 4 nitrogen and oxygen atoms in total. The van der Waals surface area contributed by atoms with Gasteiger partial charge in [-0.1, -0.05) is 0 Å². The van der Waals surface area contributed by atoms with Gasteiger partial charge in [-0.15, -0.1) is 0 Å². The molecule has 82 valence electrons. The van der Waals surface area contributed by atoms with Gasteiger partial charge < -0.3 is 10.5 Å². The number of ether oxygens (including phenoxy) is 1. The van der Waals surface area contributed by atoms with E-state index in [2.05, 4.69) is 9.97 Å². The number of hydrogen-bond donors (Lipinski definition) is 1. The lowest BCUT2D eigenvalue weighted by Crippen LogP contribution is -1.96. The van der Waals surface area contributed by atoms with Crippen molar-refractivity contribution in [3.63, 3.8) is 0 Å². The first kappa shape index (κ1) is 10.4. The van der Waals surface area contributed by atoms with Gasteiger partial charge >= 0.3 is 6.01 Å². The summed E-state index contributed by atoms with van der Waals surface area (Å²) in [5.41, 5.74) is 6.69. The number of aromatic nitrogens is 2. The number of anilines is 1. The van der Waals surface area contributed by atoms with Crippen molar-refractivity contribution in [1.29, 1.82) is 0 Å². The topological polar surface area (TPSA) is 61.0 Å². The van der Waals surface area contributed by atoms with Gasteiger partial charge in [-0.25, -0.2) is 14.4 Å². The highest BCUT2D eigenvalue weighted by Gasteiger charge is 2.08. The lowest BCUT2D eigenvalue weighted by molar-refractivity contribution is 0.411. The number of rotatable bonds is 2. The van der Waals surface area contributed by atoms with Crippen LogP contribution in [0.3, 0.4) is 0 Å². The normalized spacial score (nSPS) is 10.1. The molecule has 0 atom stereocenters. The van der Waals surface area contributed by atoms with Crippen LogP contribution in [0.5, 0.6) is 11.8 Å². The predicted molar refractivity (Wildman–Crippen MR) is 57.7 cm³/mol. The summed E-state index contributed by atoms with van der Waals surface area (Å²) in [7, 11) is 0. The van der Waals surface area contributed by atoms with Crippen molar-refractivity contribution in [2.75, 3.05) is 5.73 Å². The van der Waals surface area contributed by atoms with Crippen molar-refractivity contribution in [2.45, 2.75) is 6.92 Å². The van der Waals surface area contributed by atoms with Crippen LogP contribution in [0, 0.1) is 12.7 Å². The lowest BCUT2D eigenvalue weighted by atomic mass is 10.2. The zero-order valence-electron chi connectivity index (χ0n) is 8.64. The quantitative estimate of drug-likeness (QED) is 0.787. The van der Waals surface area contributed by atoms with Crippen LogP contribution in [0.15, 0.2) is 30.6 Å². The Morgan fingerprint density at radius 2 is 1.94 bits per heavy atom. The maximum atomic E-state index is 13.5. The fraction of sp³-hybridized carbons (Fsp3) is 0.0909. The van der Waals surface area contributed by atoms with Crippen LogP contribution in [0.4, 0.5) is 10.1 Å². The molecule has 1 aromatic carbocycles. The number of benzene rings is 1. The van der Waals surface area contributed by atoms with E-state index >= 15 is 0 Å². The molecule has 2 N–H and O–H groups in total. The lowest BCUT2D eigenvalue weighted by Gasteiger charge is -2.07. The molecule has 2 rings (SSSR count). The molecule has 0 fully saturated rings. The molecule has 0 bridgehead atoms. The van der Waals surface area contributed by atoms with Crippen molar-refractivity contribution in [3.05, 3.63) is 42.0 Å². The summed E-state index contributed by atoms with van der Waals surface area (Å²) in [6.45, 7) is 1.77. The van der Waals surface area contributed by atoms with Crippen LogP contribution in [-0.4, -0.2) is 9.97 Å². The molecule has 0 aliphatic rings. The molecule has 0 saturated carbocycles. The number of nitrogens with two attached hydrogens (primary N) is 1. The van der Waals surface area contributed by atoms with E-state index in [0.29, 0.717) is 5.69 Å². The number of nitrogen functional groups attached to an aromatic ring is 1. The molecule has 0 aliphatic heterocycles. The molecule has 0 saturated heterocycles. The Bertz CT molecular complexity index is 502. The van der Waals surface area contributed by atoms with Crippen LogP contribution in [-0.2, 0) is 0 Å². The Hall–Kier alpha value is -2.17. The fourth-order valence-electron chi connectivity index (χ4n) is 1.19. The molecule has 16 heavy (non-hydrogen) atoms. The van der Waals surface area contributed by atoms with Crippen molar-refractivity contribution in [3.8, 4) is 11.8 Å². The van der Waals surface area contributed by atoms with E-state index < -0.39 is 5.82 Å². The van der Waals surface area contributed by atoms with Crippen molar-refractivity contribution in [1.82, 2.24) is 9.97 Å². The summed E-state index contributed by atoms with van der Waals surface area (Å²) >= 11 is 0. The van der Waals surface area contributed by atoms with Gasteiger partial charge in [0.15, 0.2) is 11.6 Å². The van der Waals surface area contributed by atoms with Crippen molar-refractivity contribution >= 4 is 5.69 Å². The van der Waals surface area contributed by atoms with E-state index in [1.807, 2.05) is 0 Å². The average molecular weight is 219 g/mol. The van der Waals surface area contributed by atoms with E-state index in [-0.39, 0.29) is 11.8 Å². The molecule has 0 aliphatic carbocycles. The van der Waals surface area contributed by atoms with Crippen LogP contribution in [0.2, 0.25) is 0 Å². The highest BCUT2D eigenvalue weighted by Crippen LogP contribution is 2.26. The Labute approximate surface area is 91.9 Å². The summed E-state index contributed by atoms with van der Waals surface area (Å²) in [4.78, 5) is 7.67. The smallest absolute Gasteiger partial charge is 0.321 e. The molecule has 5 heteroatoms. The van der Waals surface area contributed by atoms with Gasteiger partial charge in [-0.2, -0.15) is 0 Å². The molecular formula is C11H10FN3O. The minimum absolute atomic E-state index is 0.0675. The maximum absolute atomic E-state index is 13.5. The van der Waals surface area contributed by atoms with Gasteiger partial charge in [0.05, 0.1) is 0 Å². The maximum Gasteiger partial charge on any atom is 0.321 e. The Morgan fingerprint density at radius 1 is 1.25 bits per heavy atom. The van der Waals surface area contributed by atoms with E-state index in [1.165, 1.54) is 24.5 Å². The molecule has 1 heterocycles. The predicted octanol–water partition coefficient (Wildman–Crippen LogP) is 2.30. The van der Waals surface area contributed by atoms with E-state index in [4.69, 9.17) is 10.5 Å². The average Bonchev–Trinajstić information content (AvgIpc) is 2.27. The van der Waals surface area contributed by atoms with Crippen LogP contribution < -0.4 is 10.5 Å². The number of hydrogen-bond acceptors (Lipinski definition) is 4. The first-order valence-corrected chi connectivity index (χ1v) is 4.67. The van der Waals surface area contributed by atoms with Gasteiger partial charge in [0.25, 0.3) is 0 Å². The highest BCUT2D eigenvalue weighted by molar-refractivity contribution is 5.50. The molecule has 0 radical (unpaired) electrons. The molecule has 2 aromatic rings. The van der Waals surface area contributed by atoms with Gasteiger partial charge in [0.2, 0.25) is 0 Å². The zero-order valence-corrected chi connectivity index (χ0v) is 8.64. The second-order valence-corrected chi connectivity index (χ2v) is 3.27. The number of nitrogens with zero attached hydrogens (tertiary/aromatic N) is 2. The Kier molecular flexibility index (Phi) is 2.68. The molecule has 0 unspecified atom stereocenters. The summed E-state index contributed by atoms with van der Waals surface area (Å²) < 4.78 is 18.6. The van der Waals surface area contributed by atoms with Crippen LogP contribution >= 0.6 is 0 Å². The first-order valence-electron chi connectivity index (χ1n) is 4.67. The molecule has 0 spiro atoms. The number of aryl methyl sites for hydroxylation is 1. The van der Waals surface area contributed by atoms with Gasteiger partial charge in [0.1, 0.15) is 0 Å². The summed E-state index contributed by atoms with van der Waals surface area (Å²) in [5.74, 6) is -0.464. The van der Waals surface area contributed by atoms with Gasteiger partial charge in [0, 0.05) is 24.1 Å². The second kappa shape index (κ2) is 4.14. The standard InChI is InChI=1S/C11H10FN3O/c1-7-5-10(8(12)6-9(7)13)16-11-14-3-2-4-15-11/h2-6H,13H2,1H3. The monoisotopic (exact) mass is 219 g/mol. The Morgan fingerprint density at radius 3 is 2.62 bits per heavy atom. The van der Waals surface area contributed by atoms with Crippen molar-refractivity contribution < 1.29 is 9.13 Å². The van der Waals surface area contributed by atoms with E-state index in [1.54, 1.807) is 13.0 Å². The van der Waals surface area contributed by atoms with Crippen LogP contribution in [0.25, 0.3) is 0 Å². The highest BCUT2D eigenvalue weighted by atomic mass is 19.1. The fourth-order valence-corrected chi connectivity index (χ4v) is 1.19. The SMILES string of the molecule is Cc1cc(Oc2ncccn2)c(F)cc1N. The third kappa shape index (κ3) is 2.08. The van der Waals surface area contributed by atoms with Gasteiger partial charge in [-0.3, -0.25) is 0 Å².